The Morgan fingerprint density at radius 3 is 2.62 bits per heavy atom. The molecule has 0 spiro atoms. The molecule has 0 saturated heterocycles. The number of hydrogen-bond donors (Lipinski definition) is 1. The van der Waals surface area contributed by atoms with Gasteiger partial charge in [0.05, 0.1) is 27.8 Å². The van der Waals surface area contributed by atoms with Gasteiger partial charge in [-0.1, -0.05) is 41.9 Å². The van der Waals surface area contributed by atoms with E-state index in [4.69, 9.17) is 26.8 Å². The van der Waals surface area contributed by atoms with E-state index in [0.29, 0.717) is 17.6 Å². The second-order valence-electron chi connectivity index (χ2n) is 6.89. The number of carbonyl (C=O) groups excluding carboxylic acids is 1. The molecule has 0 fully saturated rings. The summed E-state index contributed by atoms with van der Waals surface area (Å²) < 4.78 is 25.7. The van der Waals surface area contributed by atoms with E-state index in [1.807, 2.05) is 30.3 Å². The Balaban J connectivity index is 1.63. The van der Waals surface area contributed by atoms with Gasteiger partial charge in [-0.2, -0.15) is 0 Å². The number of halogens is 2. The maximum atomic E-state index is 14.6. The Morgan fingerprint density at radius 2 is 1.84 bits per heavy atom. The van der Waals surface area contributed by atoms with Crippen molar-refractivity contribution >= 4 is 28.4 Å². The van der Waals surface area contributed by atoms with Crippen LogP contribution in [0.4, 0.5) is 4.39 Å². The van der Waals surface area contributed by atoms with Gasteiger partial charge in [0.2, 0.25) is 5.88 Å². The van der Waals surface area contributed by atoms with Crippen molar-refractivity contribution in [2.24, 2.45) is 5.73 Å². The molecular weight excluding hydrogens is 433 g/mol. The first-order valence-electron chi connectivity index (χ1n) is 9.86. The number of carbonyl (C=O) groups is 1. The number of ether oxygens (including phenoxy) is 2. The monoisotopic (exact) mass is 451 g/mol. The summed E-state index contributed by atoms with van der Waals surface area (Å²) >= 11 is 6.38. The third-order valence-electron chi connectivity index (χ3n) is 4.67. The lowest BCUT2D eigenvalue weighted by molar-refractivity contribution is 0.103. The molecule has 0 amide bonds. The van der Waals surface area contributed by atoms with Crippen molar-refractivity contribution in [3.05, 3.63) is 94.4 Å². The van der Waals surface area contributed by atoms with E-state index < -0.39 is 11.6 Å². The van der Waals surface area contributed by atoms with Crippen LogP contribution in [0.15, 0.2) is 66.9 Å². The Bertz CT molecular complexity index is 1270. The highest BCUT2D eigenvalue weighted by Crippen LogP contribution is 2.33. The number of fused-ring (bicyclic) bond motifs is 1. The highest BCUT2D eigenvalue weighted by atomic mass is 35.5. The molecule has 0 unspecified atom stereocenters. The van der Waals surface area contributed by atoms with Crippen LogP contribution in [0.2, 0.25) is 5.02 Å². The summed E-state index contributed by atoms with van der Waals surface area (Å²) in [5.41, 5.74) is 7.29. The Morgan fingerprint density at radius 1 is 1.03 bits per heavy atom. The molecule has 162 valence electrons. The molecule has 0 bridgehead atoms. The van der Waals surface area contributed by atoms with Crippen LogP contribution in [0.3, 0.4) is 0 Å². The summed E-state index contributed by atoms with van der Waals surface area (Å²) in [5, 5.41) is -0.0860. The van der Waals surface area contributed by atoms with E-state index in [-0.39, 0.29) is 41.0 Å². The van der Waals surface area contributed by atoms with Crippen molar-refractivity contribution in [2.75, 3.05) is 13.2 Å². The normalized spacial score (nSPS) is 10.8. The van der Waals surface area contributed by atoms with Gasteiger partial charge in [0.1, 0.15) is 24.8 Å². The number of nitrogens with zero attached hydrogens (tertiary/aromatic N) is 2. The van der Waals surface area contributed by atoms with Crippen molar-refractivity contribution < 1.29 is 18.7 Å². The van der Waals surface area contributed by atoms with Gasteiger partial charge in [0.15, 0.2) is 5.78 Å². The predicted molar refractivity (Wildman–Crippen MR) is 120 cm³/mol. The van der Waals surface area contributed by atoms with Crippen LogP contribution in [0.5, 0.6) is 11.6 Å². The van der Waals surface area contributed by atoms with E-state index in [9.17, 15) is 9.18 Å². The Kier molecular flexibility index (Phi) is 6.58. The van der Waals surface area contributed by atoms with Crippen molar-refractivity contribution in [1.29, 1.82) is 0 Å². The molecular formula is C24H19ClFN3O3. The standard InChI is InChI=1S/C24H19ClFN3O3/c25-23-20(32-14-15-4-2-1-3-5-15)9-7-17(26)22(23)24(30)16-6-8-18-19(12-16)29-21(13-28-18)31-11-10-27/h1-9,12-13H,10-11,14,27H2. The lowest BCUT2D eigenvalue weighted by Crippen LogP contribution is -2.11. The largest absolute Gasteiger partial charge is 0.487 e. The van der Waals surface area contributed by atoms with Crippen molar-refractivity contribution in [2.45, 2.75) is 6.61 Å². The molecule has 1 heterocycles. The summed E-state index contributed by atoms with van der Waals surface area (Å²) in [5.74, 6) is -0.820. The van der Waals surface area contributed by atoms with Gasteiger partial charge in [-0.05, 0) is 35.9 Å². The second kappa shape index (κ2) is 9.72. The van der Waals surface area contributed by atoms with Gasteiger partial charge in [0.25, 0.3) is 0 Å². The third-order valence-corrected chi connectivity index (χ3v) is 5.05. The van der Waals surface area contributed by atoms with E-state index in [0.717, 1.165) is 5.56 Å². The molecule has 3 aromatic carbocycles. The van der Waals surface area contributed by atoms with Crippen LogP contribution < -0.4 is 15.2 Å². The van der Waals surface area contributed by atoms with Gasteiger partial charge in [-0.15, -0.1) is 0 Å². The SMILES string of the molecule is NCCOc1cnc2ccc(C(=O)c3c(F)ccc(OCc4ccccc4)c3Cl)cc2n1. The minimum Gasteiger partial charge on any atom is -0.487 e. The molecule has 4 rings (SSSR count). The van der Waals surface area contributed by atoms with Crippen LogP contribution in [-0.4, -0.2) is 28.9 Å². The average molecular weight is 452 g/mol. The highest BCUT2D eigenvalue weighted by Gasteiger charge is 2.22. The number of benzene rings is 3. The number of nitrogens with two attached hydrogens (primary N) is 1. The number of aromatic nitrogens is 2. The molecule has 6 nitrogen and oxygen atoms in total. The lowest BCUT2D eigenvalue weighted by atomic mass is 10.0. The quantitative estimate of drug-likeness (QED) is 0.395. The molecule has 0 atom stereocenters. The number of rotatable bonds is 8. The summed E-state index contributed by atoms with van der Waals surface area (Å²) in [4.78, 5) is 21.7. The molecule has 0 saturated carbocycles. The number of ketones is 1. The van der Waals surface area contributed by atoms with E-state index in [2.05, 4.69) is 9.97 Å². The van der Waals surface area contributed by atoms with E-state index in [1.165, 1.54) is 24.4 Å². The maximum absolute atomic E-state index is 14.6. The molecule has 0 radical (unpaired) electrons. The number of hydrogen-bond acceptors (Lipinski definition) is 6. The van der Waals surface area contributed by atoms with Gasteiger partial charge in [0, 0.05) is 12.1 Å². The van der Waals surface area contributed by atoms with Crippen molar-refractivity contribution in [3.8, 4) is 11.6 Å². The highest BCUT2D eigenvalue weighted by molar-refractivity contribution is 6.36. The molecule has 8 heteroatoms. The van der Waals surface area contributed by atoms with Gasteiger partial charge >= 0.3 is 0 Å². The minimum atomic E-state index is -0.738. The molecule has 1 aromatic heterocycles. The summed E-state index contributed by atoms with van der Waals surface area (Å²) in [6.45, 7) is 0.852. The summed E-state index contributed by atoms with van der Waals surface area (Å²) in [6, 6.07) is 16.7. The van der Waals surface area contributed by atoms with Gasteiger partial charge in [-0.25, -0.2) is 14.4 Å². The fraction of sp³-hybridized carbons (Fsp3) is 0.125. The first-order valence-corrected chi connectivity index (χ1v) is 10.2. The summed E-state index contributed by atoms with van der Waals surface area (Å²) in [6.07, 6.45) is 1.48. The van der Waals surface area contributed by atoms with Crippen LogP contribution in [0.25, 0.3) is 11.0 Å². The second-order valence-corrected chi connectivity index (χ2v) is 7.26. The van der Waals surface area contributed by atoms with E-state index in [1.54, 1.807) is 12.1 Å². The average Bonchev–Trinajstić information content (AvgIpc) is 2.82. The van der Waals surface area contributed by atoms with Crippen molar-refractivity contribution in [1.82, 2.24) is 9.97 Å². The van der Waals surface area contributed by atoms with Crippen LogP contribution in [0, 0.1) is 5.82 Å². The Hall–Kier alpha value is -3.55. The molecule has 0 aliphatic heterocycles. The topological polar surface area (TPSA) is 87.3 Å². The minimum absolute atomic E-state index is 0.0860. The molecule has 32 heavy (non-hydrogen) atoms. The Labute approximate surface area is 188 Å². The molecule has 2 N–H and O–H groups in total. The fourth-order valence-electron chi connectivity index (χ4n) is 3.10. The fourth-order valence-corrected chi connectivity index (χ4v) is 3.40. The molecule has 4 aromatic rings. The van der Waals surface area contributed by atoms with Crippen LogP contribution in [-0.2, 0) is 6.61 Å². The zero-order valence-corrected chi connectivity index (χ0v) is 17.7. The molecule has 0 aliphatic carbocycles. The van der Waals surface area contributed by atoms with Crippen LogP contribution in [0.1, 0.15) is 21.5 Å². The zero-order chi connectivity index (χ0) is 22.5. The maximum Gasteiger partial charge on any atom is 0.232 e. The first-order chi connectivity index (χ1) is 15.6. The van der Waals surface area contributed by atoms with Gasteiger partial charge in [-0.3, -0.25) is 4.79 Å². The smallest absolute Gasteiger partial charge is 0.232 e. The third kappa shape index (κ3) is 4.69. The van der Waals surface area contributed by atoms with Crippen molar-refractivity contribution in [3.63, 3.8) is 0 Å². The summed E-state index contributed by atoms with van der Waals surface area (Å²) in [7, 11) is 0. The van der Waals surface area contributed by atoms with Gasteiger partial charge < -0.3 is 15.2 Å². The first kappa shape index (κ1) is 21.7. The lowest BCUT2D eigenvalue weighted by Gasteiger charge is -2.12. The zero-order valence-electron chi connectivity index (χ0n) is 16.9. The van der Waals surface area contributed by atoms with E-state index >= 15 is 0 Å². The molecule has 0 aliphatic rings. The predicted octanol–water partition coefficient (Wildman–Crippen LogP) is 4.57. The van der Waals surface area contributed by atoms with Crippen LogP contribution >= 0.6 is 11.6 Å².